The number of halogens is 9. The van der Waals surface area contributed by atoms with E-state index in [1.165, 1.54) is 5.56 Å². The summed E-state index contributed by atoms with van der Waals surface area (Å²) in [7, 11) is 0. The first kappa shape index (κ1) is 51.2. The van der Waals surface area contributed by atoms with E-state index in [1.807, 2.05) is 26.8 Å². The van der Waals surface area contributed by atoms with Crippen LogP contribution in [0, 0.1) is 88.9 Å². The first-order valence-electron chi connectivity index (χ1n) is 22.1. The summed E-state index contributed by atoms with van der Waals surface area (Å²) in [5.74, 6) is -0.267. The van der Waals surface area contributed by atoms with E-state index in [0.717, 1.165) is 153 Å². The fourth-order valence-electron chi connectivity index (χ4n) is 10.8. The van der Waals surface area contributed by atoms with Gasteiger partial charge in [0.2, 0.25) is 0 Å². The Bertz CT molecular complexity index is 3620. The molecule has 8 bridgehead atoms. The van der Waals surface area contributed by atoms with Crippen molar-refractivity contribution in [3.05, 3.63) is 156 Å². The van der Waals surface area contributed by atoms with E-state index in [1.54, 1.807) is 0 Å². The van der Waals surface area contributed by atoms with Crippen molar-refractivity contribution >= 4 is 167 Å². The molecule has 2 aliphatic rings. The average molecular weight is 1430 g/mol. The summed E-state index contributed by atoms with van der Waals surface area (Å²) in [6.07, 6.45) is 0. The predicted molar refractivity (Wildman–Crippen MR) is 320 cm³/mol. The van der Waals surface area contributed by atoms with Gasteiger partial charge in [0.25, 0.3) is 0 Å². The minimum Gasteiger partial charge on any atom is -0.352 e. The lowest BCUT2D eigenvalue weighted by atomic mass is 9.92. The van der Waals surface area contributed by atoms with Crippen LogP contribution in [-0.4, -0.2) is 19.9 Å². The van der Waals surface area contributed by atoms with Crippen molar-refractivity contribution in [1.82, 2.24) is 19.9 Å². The van der Waals surface area contributed by atoms with Crippen LogP contribution in [0.15, 0.2) is 60.4 Å². The molecule has 352 valence electrons. The van der Waals surface area contributed by atoms with Crippen molar-refractivity contribution in [2.45, 2.75) is 83.1 Å². The normalized spacial score (nSPS) is 12.9. The number of aromatic amines is 2. The van der Waals surface area contributed by atoms with Gasteiger partial charge in [0.15, 0.2) is 0 Å². The molecule has 7 aromatic rings. The van der Waals surface area contributed by atoms with Crippen LogP contribution in [0.2, 0.25) is 0 Å². The summed E-state index contributed by atoms with van der Waals surface area (Å²) in [6.45, 7) is 25.1. The van der Waals surface area contributed by atoms with Gasteiger partial charge in [-0.2, -0.15) is 0 Å². The van der Waals surface area contributed by atoms with Crippen molar-refractivity contribution in [1.29, 1.82) is 0 Å². The molecule has 4 aromatic carbocycles. The van der Waals surface area contributed by atoms with Crippen LogP contribution in [0.5, 0.6) is 0 Å². The van der Waals surface area contributed by atoms with Crippen molar-refractivity contribution in [2.75, 3.05) is 0 Å². The number of nitrogens with zero attached hydrogens (tertiary/aromatic N) is 2. The third-order valence-electron chi connectivity index (χ3n) is 13.3. The largest absolute Gasteiger partial charge is 0.352 e. The third kappa shape index (κ3) is 8.31. The SMILES string of the molecule is Cc1cc(C)c(-c2c3nc(c(-c4c(C)cc(C)cc4C)c4[nH]c(c(Br)c4Br)c(-c4c(C)cc(C)c(F)c4C)c4nc(c(-c5c(C)cc(C)cc5C)c5[nH]c2c(Br)c5Br)C(Br)=C4Br)C(Br)=C3Br)c(C)c1. The Kier molecular flexibility index (Phi) is 14.0. The molecule has 9 rings (SSSR count). The summed E-state index contributed by atoms with van der Waals surface area (Å²) >= 11 is 33.1. The highest BCUT2D eigenvalue weighted by molar-refractivity contribution is 9.18. The summed E-state index contributed by atoms with van der Waals surface area (Å²) in [4.78, 5) is 19.5. The summed E-state index contributed by atoms with van der Waals surface area (Å²) < 4.78 is 22.8. The maximum Gasteiger partial charge on any atom is 0.129 e. The summed E-state index contributed by atoms with van der Waals surface area (Å²) in [5.41, 5.74) is 25.3. The topological polar surface area (TPSA) is 57.4 Å². The lowest BCUT2D eigenvalue weighted by molar-refractivity contribution is 0.609. The zero-order valence-electron chi connectivity index (χ0n) is 39.8. The van der Waals surface area contributed by atoms with Gasteiger partial charge in [0.1, 0.15) is 5.82 Å². The molecular formula is C56H45Br8FN4. The van der Waals surface area contributed by atoms with Gasteiger partial charge in [-0.05, 0) is 283 Å². The Morgan fingerprint density at radius 1 is 0.319 bits per heavy atom. The highest BCUT2D eigenvalue weighted by Crippen LogP contribution is 2.55. The second-order valence-electron chi connectivity index (χ2n) is 18.5. The molecule has 4 nitrogen and oxygen atoms in total. The molecule has 5 heterocycles. The van der Waals surface area contributed by atoms with Crippen LogP contribution in [0.25, 0.3) is 84.5 Å². The van der Waals surface area contributed by atoms with E-state index in [-0.39, 0.29) is 5.82 Å². The van der Waals surface area contributed by atoms with Crippen molar-refractivity contribution in [3.63, 3.8) is 0 Å². The lowest BCUT2D eigenvalue weighted by Gasteiger charge is -2.16. The Morgan fingerprint density at radius 3 is 0.812 bits per heavy atom. The van der Waals surface area contributed by atoms with Gasteiger partial charge in [-0.15, -0.1) is 0 Å². The molecule has 69 heavy (non-hydrogen) atoms. The standard InChI is InChI=1S/C56H45Br8FN4/c1-20-13-23(4)32(24(5)14-20)36-49-40(57)42(59)51(66-49)37(33-25(6)15-21(2)16-26(33)7)53-44(61)46(63)55(68-53)39(35-29(10)19-30(11)48(65)31(35)12)56-47(64)45(62)54(69-56)38(52-43(60)41(58)50(36)67-52)34-27(8)17-22(3)18-28(34)9/h13-19,66,69H,1-12H3. The van der Waals surface area contributed by atoms with Crippen LogP contribution in [0.4, 0.5) is 4.39 Å². The van der Waals surface area contributed by atoms with Gasteiger partial charge in [-0.25, -0.2) is 14.4 Å². The Morgan fingerprint density at radius 2 is 0.551 bits per heavy atom. The maximum absolute atomic E-state index is 16.6. The molecule has 0 fully saturated rings. The van der Waals surface area contributed by atoms with Crippen LogP contribution < -0.4 is 0 Å². The minimum atomic E-state index is -0.267. The Labute approximate surface area is 470 Å². The first-order chi connectivity index (χ1) is 32.4. The summed E-state index contributed by atoms with van der Waals surface area (Å²) in [6, 6.07) is 15.3. The number of aromatic nitrogens is 4. The van der Waals surface area contributed by atoms with Crippen molar-refractivity contribution < 1.29 is 4.39 Å². The van der Waals surface area contributed by atoms with Crippen LogP contribution in [0.3, 0.4) is 0 Å². The number of benzene rings is 4. The molecule has 0 saturated heterocycles. The number of hydrogen-bond donors (Lipinski definition) is 2. The van der Waals surface area contributed by atoms with Crippen molar-refractivity contribution in [3.8, 4) is 44.5 Å². The zero-order valence-corrected chi connectivity index (χ0v) is 52.5. The van der Waals surface area contributed by atoms with E-state index in [0.29, 0.717) is 33.6 Å². The number of rotatable bonds is 4. The number of fused-ring (bicyclic) bond motifs is 8. The molecule has 2 N–H and O–H groups in total. The third-order valence-corrected chi connectivity index (χ3v) is 21.7. The monoisotopic (exact) mass is 1420 g/mol. The number of hydrogen-bond acceptors (Lipinski definition) is 2. The molecule has 0 aliphatic carbocycles. The Balaban J connectivity index is 1.70. The Hall–Kier alpha value is -2.75. The highest BCUT2D eigenvalue weighted by atomic mass is 79.9. The second-order valence-corrected chi connectivity index (χ2v) is 24.9. The number of aryl methyl sites for hydroxylation is 11. The van der Waals surface area contributed by atoms with Crippen molar-refractivity contribution in [2.24, 2.45) is 0 Å². The highest BCUT2D eigenvalue weighted by Gasteiger charge is 2.33. The van der Waals surface area contributed by atoms with Crippen LogP contribution in [0.1, 0.15) is 89.5 Å². The quantitative estimate of drug-likeness (QED) is 0.185. The molecular weight excluding hydrogens is 1390 g/mol. The van der Waals surface area contributed by atoms with Gasteiger partial charge < -0.3 is 9.97 Å². The van der Waals surface area contributed by atoms with E-state index < -0.39 is 0 Å². The lowest BCUT2D eigenvalue weighted by Crippen LogP contribution is -1.99. The molecule has 0 saturated carbocycles. The number of nitrogens with one attached hydrogen (secondary N) is 2. The fourth-order valence-corrected chi connectivity index (χ4v) is 14.7. The smallest absolute Gasteiger partial charge is 0.129 e. The van der Waals surface area contributed by atoms with Gasteiger partial charge in [-0.3, -0.25) is 0 Å². The van der Waals surface area contributed by atoms with E-state index >= 15 is 4.39 Å². The first-order valence-corrected chi connectivity index (χ1v) is 28.5. The van der Waals surface area contributed by atoms with Gasteiger partial charge in [-0.1, -0.05) is 59.2 Å². The van der Waals surface area contributed by atoms with E-state index in [9.17, 15) is 0 Å². The average Bonchev–Trinajstić information content (AvgIpc) is 3.92. The van der Waals surface area contributed by atoms with Gasteiger partial charge in [0.05, 0.1) is 80.7 Å². The van der Waals surface area contributed by atoms with Crippen LogP contribution >= 0.6 is 127 Å². The molecule has 2 aliphatic heterocycles. The molecule has 0 radical (unpaired) electrons. The molecule has 0 atom stereocenters. The van der Waals surface area contributed by atoms with Gasteiger partial charge in [0, 0.05) is 22.3 Å². The van der Waals surface area contributed by atoms with Crippen LogP contribution in [-0.2, 0) is 0 Å². The second kappa shape index (κ2) is 18.9. The maximum atomic E-state index is 16.6. The minimum absolute atomic E-state index is 0.267. The van der Waals surface area contributed by atoms with E-state index in [2.05, 4.69) is 236 Å². The molecule has 0 spiro atoms. The van der Waals surface area contributed by atoms with E-state index in [4.69, 9.17) is 9.97 Å². The number of H-pyrrole nitrogens is 2. The zero-order chi connectivity index (χ0) is 50.1. The van der Waals surface area contributed by atoms with Gasteiger partial charge >= 0.3 is 0 Å². The molecule has 0 unspecified atom stereocenters. The molecule has 3 aromatic heterocycles. The molecule has 13 heteroatoms. The summed E-state index contributed by atoms with van der Waals surface area (Å²) in [5, 5.41) is 0. The predicted octanol–water partition coefficient (Wildman–Crippen LogP) is 21.1. The molecule has 0 amide bonds. The fraction of sp³-hybridized carbons (Fsp3) is 0.214.